The number of rotatable bonds is 3. The predicted octanol–water partition coefficient (Wildman–Crippen LogP) is 2.78. The number of hydrogen-bond donors (Lipinski definition) is 1. The summed E-state index contributed by atoms with van der Waals surface area (Å²) in [6.45, 7) is 2.00. The Balaban J connectivity index is 1.73. The summed E-state index contributed by atoms with van der Waals surface area (Å²) in [5.74, 6) is 1.80. The molecular weight excluding hydrogens is 262 g/mol. The number of nitrogens with zero attached hydrogens (tertiary/aromatic N) is 2. The topological polar surface area (TPSA) is 51.0 Å². The van der Waals surface area contributed by atoms with Crippen LogP contribution in [0, 0.1) is 0 Å². The van der Waals surface area contributed by atoms with Crippen molar-refractivity contribution in [3.8, 4) is 0 Å². The quantitative estimate of drug-likeness (QED) is 0.937. The minimum absolute atomic E-state index is 0.348. The van der Waals surface area contributed by atoms with E-state index in [1.54, 1.807) is 0 Å². The van der Waals surface area contributed by atoms with Gasteiger partial charge in [0.15, 0.2) is 5.82 Å². The standard InChI is InChI=1S/C14H16ClN3O/c15-12-6-2-1-4-10(12)8-13-17-14(19-18-13)11-5-3-7-16-9-11/h1-2,4,6,11,16H,3,5,7-9H2. The summed E-state index contributed by atoms with van der Waals surface area (Å²) in [4.78, 5) is 4.49. The Bertz CT molecular complexity index is 549. The largest absolute Gasteiger partial charge is 0.339 e. The molecule has 1 fully saturated rings. The van der Waals surface area contributed by atoms with Crippen LogP contribution in [-0.2, 0) is 6.42 Å². The first-order valence-electron chi connectivity index (χ1n) is 6.59. The van der Waals surface area contributed by atoms with Crippen LogP contribution in [0.5, 0.6) is 0 Å². The van der Waals surface area contributed by atoms with E-state index in [1.807, 2.05) is 24.3 Å². The van der Waals surface area contributed by atoms with E-state index < -0.39 is 0 Å². The Morgan fingerprint density at radius 3 is 3.05 bits per heavy atom. The fraction of sp³-hybridized carbons (Fsp3) is 0.429. The Hall–Kier alpha value is -1.39. The van der Waals surface area contributed by atoms with Crippen LogP contribution in [0.25, 0.3) is 0 Å². The Morgan fingerprint density at radius 2 is 2.26 bits per heavy atom. The Morgan fingerprint density at radius 1 is 1.37 bits per heavy atom. The van der Waals surface area contributed by atoms with Crippen LogP contribution >= 0.6 is 11.6 Å². The summed E-state index contributed by atoms with van der Waals surface area (Å²) in [7, 11) is 0. The van der Waals surface area contributed by atoms with Crippen molar-refractivity contribution in [3.05, 3.63) is 46.6 Å². The van der Waals surface area contributed by atoms with Crippen molar-refractivity contribution in [1.82, 2.24) is 15.5 Å². The number of hydrogen-bond acceptors (Lipinski definition) is 4. The highest BCUT2D eigenvalue weighted by Gasteiger charge is 2.21. The van der Waals surface area contributed by atoms with Crippen LogP contribution in [0.4, 0.5) is 0 Å². The van der Waals surface area contributed by atoms with Crippen molar-refractivity contribution in [1.29, 1.82) is 0 Å². The molecule has 1 unspecified atom stereocenters. The second-order valence-electron chi connectivity index (χ2n) is 4.86. The average molecular weight is 278 g/mol. The van der Waals surface area contributed by atoms with Crippen molar-refractivity contribution >= 4 is 11.6 Å². The number of aromatic nitrogens is 2. The minimum Gasteiger partial charge on any atom is -0.339 e. The first-order valence-corrected chi connectivity index (χ1v) is 6.97. The van der Waals surface area contributed by atoms with E-state index in [-0.39, 0.29) is 0 Å². The van der Waals surface area contributed by atoms with Crippen molar-refractivity contribution in [2.24, 2.45) is 0 Å². The van der Waals surface area contributed by atoms with Gasteiger partial charge in [0.1, 0.15) is 0 Å². The van der Waals surface area contributed by atoms with E-state index in [2.05, 4.69) is 15.5 Å². The van der Waals surface area contributed by atoms with E-state index in [0.29, 0.717) is 18.2 Å². The van der Waals surface area contributed by atoms with E-state index >= 15 is 0 Å². The van der Waals surface area contributed by atoms with Gasteiger partial charge in [0.2, 0.25) is 5.89 Å². The molecule has 0 spiro atoms. The lowest BCUT2D eigenvalue weighted by atomic mass is 10.00. The molecule has 1 aliphatic heterocycles. The summed E-state index contributed by atoms with van der Waals surface area (Å²) in [6.07, 6.45) is 2.89. The van der Waals surface area contributed by atoms with Gasteiger partial charge in [-0.25, -0.2) is 0 Å². The number of benzene rings is 1. The van der Waals surface area contributed by atoms with Gasteiger partial charge in [0.05, 0.1) is 5.92 Å². The molecule has 2 aromatic rings. The molecule has 0 saturated carbocycles. The summed E-state index contributed by atoms with van der Waals surface area (Å²) in [6, 6.07) is 7.75. The fourth-order valence-corrected chi connectivity index (χ4v) is 2.58. The van der Waals surface area contributed by atoms with Crippen LogP contribution in [-0.4, -0.2) is 23.2 Å². The maximum Gasteiger partial charge on any atom is 0.231 e. The molecule has 1 saturated heterocycles. The molecular formula is C14H16ClN3O. The lowest BCUT2D eigenvalue weighted by Gasteiger charge is -2.18. The summed E-state index contributed by atoms with van der Waals surface area (Å²) in [5.41, 5.74) is 1.03. The SMILES string of the molecule is Clc1ccccc1Cc1noc(C2CCCNC2)n1. The monoisotopic (exact) mass is 277 g/mol. The molecule has 0 bridgehead atoms. The second-order valence-corrected chi connectivity index (χ2v) is 5.27. The molecule has 0 aliphatic carbocycles. The van der Waals surface area contributed by atoms with E-state index in [1.165, 1.54) is 0 Å². The number of nitrogens with one attached hydrogen (secondary N) is 1. The van der Waals surface area contributed by atoms with Gasteiger partial charge >= 0.3 is 0 Å². The van der Waals surface area contributed by atoms with E-state index in [4.69, 9.17) is 16.1 Å². The highest BCUT2D eigenvalue weighted by atomic mass is 35.5. The molecule has 1 N–H and O–H groups in total. The third-order valence-corrected chi connectivity index (χ3v) is 3.81. The van der Waals surface area contributed by atoms with Crippen molar-refractivity contribution in [2.45, 2.75) is 25.2 Å². The maximum atomic E-state index is 6.13. The first kappa shape index (κ1) is 12.6. The lowest BCUT2D eigenvalue weighted by Crippen LogP contribution is -2.28. The molecule has 2 heterocycles. The normalized spacial score (nSPS) is 19.5. The zero-order chi connectivity index (χ0) is 13.1. The molecule has 19 heavy (non-hydrogen) atoms. The fourth-order valence-electron chi connectivity index (χ4n) is 2.38. The third-order valence-electron chi connectivity index (χ3n) is 3.44. The van der Waals surface area contributed by atoms with Gasteiger partial charge in [-0.05, 0) is 31.0 Å². The second kappa shape index (κ2) is 5.72. The molecule has 100 valence electrons. The van der Waals surface area contributed by atoms with Gasteiger partial charge in [-0.3, -0.25) is 0 Å². The smallest absolute Gasteiger partial charge is 0.231 e. The van der Waals surface area contributed by atoms with Crippen LogP contribution in [0.2, 0.25) is 5.02 Å². The van der Waals surface area contributed by atoms with Crippen molar-refractivity contribution in [2.75, 3.05) is 13.1 Å². The summed E-state index contributed by atoms with van der Waals surface area (Å²) < 4.78 is 5.37. The molecule has 0 radical (unpaired) electrons. The van der Waals surface area contributed by atoms with E-state index in [0.717, 1.165) is 42.4 Å². The van der Waals surface area contributed by atoms with Gasteiger partial charge in [0.25, 0.3) is 0 Å². The van der Waals surface area contributed by atoms with Crippen LogP contribution in [0.1, 0.15) is 36.0 Å². The van der Waals surface area contributed by atoms with E-state index in [9.17, 15) is 0 Å². The van der Waals surface area contributed by atoms with Gasteiger partial charge in [-0.15, -0.1) is 0 Å². The first-order chi connectivity index (χ1) is 9.33. The van der Waals surface area contributed by atoms with Gasteiger partial charge in [0, 0.05) is 18.0 Å². The summed E-state index contributed by atoms with van der Waals surface area (Å²) in [5, 5.41) is 8.15. The third kappa shape index (κ3) is 2.96. The van der Waals surface area contributed by atoms with Crippen LogP contribution in [0.15, 0.2) is 28.8 Å². The highest BCUT2D eigenvalue weighted by Crippen LogP contribution is 2.23. The highest BCUT2D eigenvalue weighted by molar-refractivity contribution is 6.31. The molecule has 1 atom stereocenters. The molecule has 1 aliphatic rings. The molecule has 3 rings (SSSR count). The molecule has 1 aromatic carbocycles. The number of halogens is 1. The van der Waals surface area contributed by atoms with Crippen molar-refractivity contribution in [3.63, 3.8) is 0 Å². The molecule has 4 nitrogen and oxygen atoms in total. The van der Waals surface area contributed by atoms with Crippen LogP contribution in [0.3, 0.4) is 0 Å². The average Bonchev–Trinajstić information content (AvgIpc) is 2.91. The molecule has 0 amide bonds. The summed E-state index contributed by atoms with van der Waals surface area (Å²) >= 11 is 6.13. The zero-order valence-corrected chi connectivity index (χ0v) is 11.4. The van der Waals surface area contributed by atoms with Gasteiger partial charge in [-0.1, -0.05) is 35.0 Å². The predicted molar refractivity (Wildman–Crippen MR) is 73.4 cm³/mol. The molecule has 1 aromatic heterocycles. The van der Waals surface area contributed by atoms with Gasteiger partial charge < -0.3 is 9.84 Å². The maximum absolute atomic E-state index is 6.13. The Labute approximate surface area is 117 Å². The van der Waals surface area contributed by atoms with Crippen LogP contribution < -0.4 is 5.32 Å². The lowest BCUT2D eigenvalue weighted by molar-refractivity contribution is 0.320. The Kier molecular flexibility index (Phi) is 3.80. The minimum atomic E-state index is 0.348. The molecule has 5 heteroatoms. The number of piperidine rings is 1. The zero-order valence-electron chi connectivity index (χ0n) is 10.6. The van der Waals surface area contributed by atoms with Crippen molar-refractivity contribution < 1.29 is 4.52 Å². The van der Waals surface area contributed by atoms with Gasteiger partial charge in [-0.2, -0.15) is 4.98 Å².